The maximum absolute atomic E-state index is 9.42. The first-order valence-electron chi connectivity index (χ1n) is 9.14. The molecule has 0 rings (SSSR count). The van der Waals surface area contributed by atoms with E-state index in [0.717, 1.165) is 19.3 Å². The van der Waals surface area contributed by atoms with Gasteiger partial charge in [-0.05, 0) is 32.1 Å². The minimum absolute atomic E-state index is 0.100. The zero-order valence-electron chi connectivity index (χ0n) is 14.1. The molecule has 0 aliphatic rings. The third-order valence-electron chi connectivity index (χ3n) is 4.03. The summed E-state index contributed by atoms with van der Waals surface area (Å²) in [5.74, 6) is 0. The van der Waals surface area contributed by atoms with Gasteiger partial charge >= 0.3 is 0 Å². The molecular weight excluding hydrogens is 244 g/mol. The van der Waals surface area contributed by atoms with Crippen LogP contribution in [0.4, 0.5) is 0 Å². The van der Waals surface area contributed by atoms with E-state index in [9.17, 15) is 5.11 Å². The van der Waals surface area contributed by atoms with Gasteiger partial charge in [0.05, 0.1) is 6.10 Å². The molecule has 0 bridgehead atoms. The molecule has 0 fully saturated rings. The standard InChI is InChI=1S/C19H38O/c1-3-5-6-7-8-9-10-11-12-13-14-15-16-17-18-19(20)4-2/h15-16,19-20H,3-14,17-18H2,1-2H3. The highest BCUT2D eigenvalue weighted by Crippen LogP contribution is 2.11. The summed E-state index contributed by atoms with van der Waals surface area (Å²) >= 11 is 0. The normalized spacial score (nSPS) is 13.2. The Hall–Kier alpha value is -0.300. The summed E-state index contributed by atoms with van der Waals surface area (Å²) in [6.07, 6.45) is 22.6. The van der Waals surface area contributed by atoms with Crippen LogP contribution in [0.3, 0.4) is 0 Å². The number of aliphatic hydroxyl groups excluding tert-OH is 1. The van der Waals surface area contributed by atoms with E-state index in [-0.39, 0.29) is 6.10 Å². The Labute approximate surface area is 127 Å². The van der Waals surface area contributed by atoms with E-state index >= 15 is 0 Å². The Kier molecular flexibility index (Phi) is 16.5. The summed E-state index contributed by atoms with van der Waals surface area (Å²) in [7, 11) is 0. The molecule has 1 unspecified atom stereocenters. The van der Waals surface area contributed by atoms with Crippen molar-refractivity contribution in [3.05, 3.63) is 12.2 Å². The van der Waals surface area contributed by atoms with Gasteiger partial charge in [0.15, 0.2) is 0 Å². The van der Waals surface area contributed by atoms with Crippen molar-refractivity contribution in [2.45, 2.75) is 110 Å². The lowest BCUT2D eigenvalue weighted by atomic mass is 10.1. The minimum atomic E-state index is -0.100. The van der Waals surface area contributed by atoms with Gasteiger partial charge in [0.25, 0.3) is 0 Å². The average molecular weight is 283 g/mol. The molecule has 0 aromatic carbocycles. The second kappa shape index (κ2) is 16.8. The number of hydrogen-bond donors (Lipinski definition) is 1. The van der Waals surface area contributed by atoms with E-state index in [2.05, 4.69) is 19.1 Å². The zero-order chi connectivity index (χ0) is 14.9. The van der Waals surface area contributed by atoms with Gasteiger partial charge in [-0.3, -0.25) is 0 Å². The van der Waals surface area contributed by atoms with Crippen molar-refractivity contribution in [1.82, 2.24) is 0 Å². The molecular formula is C19H38O. The Bertz CT molecular complexity index is 198. The van der Waals surface area contributed by atoms with Crippen LogP contribution >= 0.6 is 0 Å². The third-order valence-corrected chi connectivity index (χ3v) is 4.03. The number of unbranched alkanes of at least 4 members (excludes halogenated alkanes) is 10. The maximum Gasteiger partial charge on any atom is 0.0540 e. The highest BCUT2D eigenvalue weighted by molar-refractivity contribution is 4.82. The van der Waals surface area contributed by atoms with Crippen molar-refractivity contribution in [2.75, 3.05) is 0 Å². The van der Waals surface area contributed by atoms with Crippen LogP contribution in [-0.4, -0.2) is 11.2 Å². The largest absolute Gasteiger partial charge is 0.393 e. The molecule has 1 N–H and O–H groups in total. The quantitative estimate of drug-likeness (QED) is 0.272. The van der Waals surface area contributed by atoms with Gasteiger partial charge in [-0.1, -0.05) is 83.8 Å². The molecule has 120 valence electrons. The monoisotopic (exact) mass is 282 g/mol. The van der Waals surface area contributed by atoms with Gasteiger partial charge in [-0.2, -0.15) is 0 Å². The highest BCUT2D eigenvalue weighted by Gasteiger charge is 1.96. The minimum Gasteiger partial charge on any atom is -0.393 e. The van der Waals surface area contributed by atoms with Crippen molar-refractivity contribution in [3.8, 4) is 0 Å². The molecule has 0 saturated heterocycles. The van der Waals surface area contributed by atoms with Crippen molar-refractivity contribution in [1.29, 1.82) is 0 Å². The number of allylic oxidation sites excluding steroid dienone is 2. The van der Waals surface area contributed by atoms with Crippen LogP contribution in [-0.2, 0) is 0 Å². The fourth-order valence-electron chi connectivity index (χ4n) is 2.48. The smallest absolute Gasteiger partial charge is 0.0540 e. The van der Waals surface area contributed by atoms with Gasteiger partial charge in [0, 0.05) is 0 Å². The summed E-state index contributed by atoms with van der Waals surface area (Å²) < 4.78 is 0. The van der Waals surface area contributed by atoms with Crippen LogP contribution in [0.1, 0.15) is 104 Å². The first-order valence-corrected chi connectivity index (χ1v) is 9.14. The molecule has 20 heavy (non-hydrogen) atoms. The first-order chi connectivity index (χ1) is 9.81. The van der Waals surface area contributed by atoms with Crippen molar-refractivity contribution in [2.24, 2.45) is 0 Å². The van der Waals surface area contributed by atoms with Crippen LogP contribution < -0.4 is 0 Å². The van der Waals surface area contributed by atoms with E-state index < -0.39 is 0 Å². The van der Waals surface area contributed by atoms with E-state index in [4.69, 9.17) is 0 Å². The summed E-state index contributed by atoms with van der Waals surface area (Å²) in [5, 5.41) is 9.42. The summed E-state index contributed by atoms with van der Waals surface area (Å²) in [5.41, 5.74) is 0. The van der Waals surface area contributed by atoms with Gasteiger partial charge < -0.3 is 5.11 Å². The number of rotatable bonds is 15. The molecule has 1 atom stereocenters. The fraction of sp³-hybridized carbons (Fsp3) is 0.895. The predicted molar refractivity (Wildman–Crippen MR) is 91.1 cm³/mol. The van der Waals surface area contributed by atoms with Gasteiger partial charge in [-0.25, -0.2) is 0 Å². The van der Waals surface area contributed by atoms with E-state index in [1.54, 1.807) is 0 Å². The van der Waals surface area contributed by atoms with Crippen LogP contribution in [0.5, 0.6) is 0 Å². The van der Waals surface area contributed by atoms with Gasteiger partial charge in [0.2, 0.25) is 0 Å². The first kappa shape index (κ1) is 19.7. The number of aliphatic hydroxyl groups is 1. The Morgan fingerprint density at radius 3 is 1.75 bits per heavy atom. The Morgan fingerprint density at radius 1 is 0.700 bits per heavy atom. The molecule has 0 saturated carbocycles. The topological polar surface area (TPSA) is 20.2 Å². The zero-order valence-corrected chi connectivity index (χ0v) is 14.1. The highest BCUT2D eigenvalue weighted by atomic mass is 16.3. The molecule has 0 radical (unpaired) electrons. The maximum atomic E-state index is 9.42. The molecule has 0 heterocycles. The molecule has 0 aliphatic heterocycles. The SMILES string of the molecule is CCCCCCCCCCCCC=CCCC(O)CC. The molecule has 1 heteroatoms. The molecule has 0 aromatic heterocycles. The average Bonchev–Trinajstić information content (AvgIpc) is 2.47. The Balaban J connectivity index is 3.07. The predicted octanol–water partition coefficient (Wildman–Crippen LogP) is 6.40. The van der Waals surface area contributed by atoms with E-state index in [1.165, 1.54) is 70.6 Å². The van der Waals surface area contributed by atoms with Crippen molar-refractivity contribution < 1.29 is 5.11 Å². The van der Waals surface area contributed by atoms with Gasteiger partial charge in [-0.15, -0.1) is 0 Å². The molecule has 0 spiro atoms. The molecule has 0 aliphatic carbocycles. The molecule has 1 nitrogen and oxygen atoms in total. The van der Waals surface area contributed by atoms with Crippen LogP contribution in [0.2, 0.25) is 0 Å². The van der Waals surface area contributed by atoms with Crippen molar-refractivity contribution >= 4 is 0 Å². The van der Waals surface area contributed by atoms with Crippen LogP contribution in [0.15, 0.2) is 12.2 Å². The van der Waals surface area contributed by atoms with E-state index in [0.29, 0.717) is 0 Å². The Morgan fingerprint density at radius 2 is 1.20 bits per heavy atom. The van der Waals surface area contributed by atoms with Crippen LogP contribution in [0.25, 0.3) is 0 Å². The summed E-state index contributed by atoms with van der Waals surface area (Å²) in [4.78, 5) is 0. The lowest BCUT2D eigenvalue weighted by molar-refractivity contribution is 0.161. The van der Waals surface area contributed by atoms with E-state index in [1.807, 2.05) is 6.92 Å². The summed E-state index contributed by atoms with van der Waals surface area (Å²) in [6.45, 7) is 4.32. The lowest BCUT2D eigenvalue weighted by Gasteiger charge is -2.03. The lowest BCUT2D eigenvalue weighted by Crippen LogP contribution is -2.02. The number of hydrogen-bond acceptors (Lipinski definition) is 1. The summed E-state index contributed by atoms with van der Waals surface area (Å²) in [6, 6.07) is 0. The molecule has 0 amide bonds. The second-order valence-electron chi connectivity index (χ2n) is 6.08. The third kappa shape index (κ3) is 15.8. The second-order valence-corrected chi connectivity index (χ2v) is 6.08. The van der Waals surface area contributed by atoms with Gasteiger partial charge in [0.1, 0.15) is 0 Å². The van der Waals surface area contributed by atoms with Crippen LogP contribution in [0, 0.1) is 0 Å². The van der Waals surface area contributed by atoms with Crippen molar-refractivity contribution in [3.63, 3.8) is 0 Å². The fourth-order valence-corrected chi connectivity index (χ4v) is 2.48. The molecule has 0 aromatic rings.